The summed E-state index contributed by atoms with van der Waals surface area (Å²) in [5, 5.41) is 9.77. The van der Waals surface area contributed by atoms with Gasteiger partial charge < -0.3 is 4.74 Å². The summed E-state index contributed by atoms with van der Waals surface area (Å²) >= 11 is 4.97. The number of nitrogens with zero attached hydrogens (tertiary/aromatic N) is 2. The van der Waals surface area contributed by atoms with Crippen molar-refractivity contribution in [2.75, 3.05) is 0 Å². The smallest absolute Gasteiger partial charge is 0.155 e. The van der Waals surface area contributed by atoms with Crippen LogP contribution in [0.15, 0.2) is 28.7 Å². The Kier molecular flexibility index (Phi) is 3.33. The van der Waals surface area contributed by atoms with Gasteiger partial charge >= 0.3 is 0 Å². The van der Waals surface area contributed by atoms with Crippen LogP contribution in [0.25, 0.3) is 0 Å². The number of halogens is 1. The van der Waals surface area contributed by atoms with Crippen molar-refractivity contribution in [2.24, 2.45) is 0 Å². The standard InChI is InChI=1S/C10H9BrN2OS/c1-7-12-13-10(15-7)6-14-9-5-3-2-4-8(9)11/h2-5H,6H2,1H3. The molecule has 1 heterocycles. The van der Waals surface area contributed by atoms with Gasteiger partial charge in [-0.15, -0.1) is 10.2 Å². The number of ether oxygens (including phenoxy) is 1. The van der Waals surface area contributed by atoms with Gasteiger partial charge in [-0.3, -0.25) is 0 Å². The maximum atomic E-state index is 5.60. The zero-order chi connectivity index (χ0) is 10.7. The SMILES string of the molecule is Cc1nnc(COc2ccccc2Br)s1. The van der Waals surface area contributed by atoms with Crippen LogP contribution in [0.1, 0.15) is 10.0 Å². The first kappa shape index (κ1) is 10.6. The monoisotopic (exact) mass is 284 g/mol. The summed E-state index contributed by atoms with van der Waals surface area (Å²) in [5.41, 5.74) is 0. The minimum Gasteiger partial charge on any atom is -0.485 e. The van der Waals surface area contributed by atoms with Crippen molar-refractivity contribution >= 4 is 27.3 Å². The highest BCUT2D eigenvalue weighted by Gasteiger charge is 2.03. The van der Waals surface area contributed by atoms with E-state index in [0.717, 1.165) is 20.2 Å². The minimum absolute atomic E-state index is 0.466. The number of hydrogen-bond acceptors (Lipinski definition) is 4. The van der Waals surface area contributed by atoms with Gasteiger partial charge in [0.25, 0.3) is 0 Å². The molecule has 3 nitrogen and oxygen atoms in total. The summed E-state index contributed by atoms with van der Waals surface area (Å²) in [6.45, 7) is 2.40. The third kappa shape index (κ3) is 2.76. The molecule has 0 unspecified atom stereocenters. The first-order chi connectivity index (χ1) is 7.25. The summed E-state index contributed by atoms with van der Waals surface area (Å²) in [7, 11) is 0. The fourth-order valence-corrected chi connectivity index (χ4v) is 2.12. The largest absolute Gasteiger partial charge is 0.485 e. The van der Waals surface area contributed by atoms with Crippen LogP contribution in [0.4, 0.5) is 0 Å². The average Bonchev–Trinajstić information content (AvgIpc) is 2.63. The summed E-state index contributed by atoms with van der Waals surface area (Å²) in [4.78, 5) is 0. The molecule has 0 aliphatic carbocycles. The van der Waals surface area contributed by atoms with Gasteiger partial charge in [-0.05, 0) is 35.0 Å². The number of hydrogen-bond donors (Lipinski definition) is 0. The van der Waals surface area contributed by atoms with Gasteiger partial charge in [0.15, 0.2) is 5.01 Å². The second-order valence-electron chi connectivity index (χ2n) is 2.93. The lowest BCUT2D eigenvalue weighted by Gasteiger charge is -2.04. The van der Waals surface area contributed by atoms with Crippen LogP contribution >= 0.6 is 27.3 Å². The molecule has 0 saturated carbocycles. The molecule has 78 valence electrons. The van der Waals surface area contributed by atoms with Crippen molar-refractivity contribution in [3.8, 4) is 5.75 Å². The number of para-hydroxylation sites is 1. The van der Waals surface area contributed by atoms with Crippen LogP contribution < -0.4 is 4.74 Å². The first-order valence-corrected chi connectivity index (χ1v) is 6.03. The number of aryl methyl sites for hydroxylation is 1. The lowest BCUT2D eigenvalue weighted by molar-refractivity contribution is 0.302. The fourth-order valence-electron chi connectivity index (χ4n) is 1.10. The van der Waals surface area contributed by atoms with E-state index in [0.29, 0.717) is 6.61 Å². The zero-order valence-electron chi connectivity index (χ0n) is 8.11. The van der Waals surface area contributed by atoms with E-state index >= 15 is 0 Å². The summed E-state index contributed by atoms with van der Waals surface area (Å²) in [6, 6.07) is 7.75. The fraction of sp³-hybridized carbons (Fsp3) is 0.200. The highest BCUT2D eigenvalue weighted by atomic mass is 79.9. The third-order valence-electron chi connectivity index (χ3n) is 1.76. The molecular weight excluding hydrogens is 276 g/mol. The topological polar surface area (TPSA) is 35.0 Å². The van der Waals surface area contributed by atoms with Gasteiger partial charge in [0.2, 0.25) is 0 Å². The van der Waals surface area contributed by atoms with Crippen LogP contribution in [0, 0.1) is 6.92 Å². The van der Waals surface area contributed by atoms with Gasteiger partial charge in [-0.2, -0.15) is 0 Å². The highest BCUT2D eigenvalue weighted by molar-refractivity contribution is 9.10. The molecule has 2 aromatic rings. The Morgan fingerprint density at radius 3 is 2.80 bits per heavy atom. The summed E-state index contributed by atoms with van der Waals surface area (Å²) < 4.78 is 6.55. The van der Waals surface area contributed by atoms with E-state index in [-0.39, 0.29) is 0 Å². The molecule has 1 aromatic carbocycles. The van der Waals surface area contributed by atoms with Gasteiger partial charge in [0.1, 0.15) is 17.4 Å². The van der Waals surface area contributed by atoms with Gasteiger partial charge in [-0.1, -0.05) is 23.5 Å². The molecule has 15 heavy (non-hydrogen) atoms. The van der Waals surface area contributed by atoms with Gasteiger partial charge in [0.05, 0.1) is 4.47 Å². The molecule has 0 N–H and O–H groups in total. The van der Waals surface area contributed by atoms with Crippen molar-refractivity contribution in [1.82, 2.24) is 10.2 Å². The minimum atomic E-state index is 0.466. The quantitative estimate of drug-likeness (QED) is 0.868. The third-order valence-corrected chi connectivity index (χ3v) is 3.22. The maximum Gasteiger partial charge on any atom is 0.155 e. The second-order valence-corrected chi connectivity index (χ2v) is 5.05. The van der Waals surface area contributed by atoms with Crippen molar-refractivity contribution in [1.29, 1.82) is 0 Å². The zero-order valence-corrected chi connectivity index (χ0v) is 10.5. The van der Waals surface area contributed by atoms with E-state index in [1.54, 1.807) is 11.3 Å². The normalized spacial score (nSPS) is 10.3. The molecule has 0 bridgehead atoms. The molecule has 0 amide bonds. The van der Waals surface area contributed by atoms with Crippen LogP contribution in [0.5, 0.6) is 5.75 Å². The van der Waals surface area contributed by atoms with Crippen LogP contribution in [-0.2, 0) is 6.61 Å². The molecule has 5 heteroatoms. The van der Waals surface area contributed by atoms with Crippen LogP contribution in [0.3, 0.4) is 0 Å². The molecule has 0 aliphatic rings. The van der Waals surface area contributed by atoms with Crippen molar-refractivity contribution in [3.63, 3.8) is 0 Å². The van der Waals surface area contributed by atoms with E-state index in [1.807, 2.05) is 31.2 Å². The van der Waals surface area contributed by atoms with Crippen LogP contribution in [0.2, 0.25) is 0 Å². The number of aromatic nitrogens is 2. The Bertz CT molecular complexity index is 458. The summed E-state index contributed by atoms with van der Waals surface area (Å²) in [5.74, 6) is 0.824. The van der Waals surface area contributed by atoms with Crippen LogP contribution in [-0.4, -0.2) is 10.2 Å². The van der Waals surface area contributed by atoms with E-state index in [9.17, 15) is 0 Å². The van der Waals surface area contributed by atoms with E-state index in [4.69, 9.17) is 4.74 Å². The van der Waals surface area contributed by atoms with E-state index in [1.165, 1.54) is 0 Å². The van der Waals surface area contributed by atoms with Crippen molar-refractivity contribution in [2.45, 2.75) is 13.5 Å². The predicted molar refractivity (Wildman–Crippen MR) is 63.1 cm³/mol. The molecule has 0 radical (unpaired) electrons. The highest BCUT2D eigenvalue weighted by Crippen LogP contribution is 2.24. The van der Waals surface area contributed by atoms with E-state index in [2.05, 4.69) is 26.1 Å². The van der Waals surface area contributed by atoms with E-state index < -0.39 is 0 Å². The Morgan fingerprint density at radius 1 is 1.33 bits per heavy atom. The lowest BCUT2D eigenvalue weighted by Crippen LogP contribution is -1.95. The Morgan fingerprint density at radius 2 is 2.13 bits per heavy atom. The molecule has 2 rings (SSSR count). The Balaban J connectivity index is 2.02. The van der Waals surface area contributed by atoms with Crippen molar-refractivity contribution < 1.29 is 4.74 Å². The first-order valence-electron chi connectivity index (χ1n) is 4.42. The molecule has 0 aliphatic heterocycles. The average molecular weight is 285 g/mol. The molecule has 0 spiro atoms. The molecule has 0 saturated heterocycles. The molecule has 0 fully saturated rings. The number of benzene rings is 1. The Labute approximate surface area is 100 Å². The van der Waals surface area contributed by atoms with Gasteiger partial charge in [-0.25, -0.2) is 0 Å². The molecule has 1 aromatic heterocycles. The molecule has 0 atom stereocenters. The maximum absolute atomic E-state index is 5.60. The van der Waals surface area contributed by atoms with Gasteiger partial charge in [0, 0.05) is 0 Å². The lowest BCUT2D eigenvalue weighted by atomic mass is 10.3. The Hall–Kier alpha value is -0.940. The second kappa shape index (κ2) is 4.72. The molecular formula is C10H9BrN2OS. The number of rotatable bonds is 3. The predicted octanol–water partition coefficient (Wildman–Crippen LogP) is 3.19. The van der Waals surface area contributed by atoms with Crippen molar-refractivity contribution in [3.05, 3.63) is 38.8 Å². The summed E-state index contributed by atoms with van der Waals surface area (Å²) in [6.07, 6.45) is 0.